The number of ether oxygens (including phenoxy) is 5. The Labute approximate surface area is 167 Å². The number of benzene rings is 1. The van der Waals surface area contributed by atoms with Crippen LogP contribution in [0.15, 0.2) is 12.1 Å². The molecule has 3 atom stereocenters. The van der Waals surface area contributed by atoms with Gasteiger partial charge >= 0.3 is 0 Å². The highest BCUT2D eigenvalue weighted by Gasteiger charge is 2.23. The van der Waals surface area contributed by atoms with Gasteiger partial charge in [-0.25, -0.2) is 0 Å². The molecule has 2 rings (SSSR count). The van der Waals surface area contributed by atoms with Gasteiger partial charge in [0.2, 0.25) is 5.75 Å². The molecule has 1 fully saturated rings. The zero-order valence-corrected chi connectivity index (χ0v) is 17.6. The number of nitrogens with zero attached hydrogens (tertiary/aromatic N) is 1. The van der Waals surface area contributed by atoms with Crippen molar-refractivity contribution in [3.63, 3.8) is 0 Å². The zero-order valence-electron chi connectivity index (χ0n) is 16.8. The molecule has 1 saturated heterocycles. The molecule has 0 aromatic heterocycles. The first-order chi connectivity index (χ1) is 12.5. The Morgan fingerprint density at radius 3 is 2.11 bits per heavy atom. The van der Waals surface area contributed by atoms with Gasteiger partial charge in [0.15, 0.2) is 11.5 Å². The van der Waals surface area contributed by atoms with Crippen molar-refractivity contribution in [1.82, 2.24) is 4.90 Å². The van der Waals surface area contributed by atoms with E-state index in [0.29, 0.717) is 30.4 Å². The zero-order chi connectivity index (χ0) is 19.1. The summed E-state index contributed by atoms with van der Waals surface area (Å²) in [7, 11) is 4.73. The van der Waals surface area contributed by atoms with E-state index in [1.54, 1.807) is 21.3 Å². The Bertz CT molecular complexity index is 538. The third-order valence-corrected chi connectivity index (χ3v) is 4.27. The van der Waals surface area contributed by atoms with Crippen LogP contribution in [-0.4, -0.2) is 75.9 Å². The number of hydrogen-bond acceptors (Lipinski definition) is 7. The third kappa shape index (κ3) is 7.01. The number of hydrogen-bond donors (Lipinski definition) is 1. The fraction of sp³-hybridized carbons (Fsp3) is 0.684. The summed E-state index contributed by atoms with van der Waals surface area (Å²) in [5.74, 6) is 1.72. The number of morpholine rings is 1. The van der Waals surface area contributed by atoms with Gasteiger partial charge < -0.3 is 28.8 Å². The summed E-state index contributed by atoms with van der Waals surface area (Å²) >= 11 is 0. The minimum atomic E-state index is -0.547. The van der Waals surface area contributed by atoms with Crippen LogP contribution in [0.4, 0.5) is 0 Å². The smallest absolute Gasteiger partial charge is 0.203 e. The van der Waals surface area contributed by atoms with Crippen LogP contribution >= 0.6 is 12.4 Å². The Morgan fingerprint density at radius 1 is 1.07 bits per heavy atom. The van der Waals surface area contributed by atoms with E-state index in [1.165, 1.54) is 0 Å². The first-order valence-electron chi connectivity index (χ1n) is 8.89. The molecule has 0 amide bonds. The molecule has 1 aromatic carbocycles. The van der Waals surface area contributed by atoms with Gasteiger partial charge in [-0.2, -0.15) is 0 Å². The Kier molecular flexibility index (Phi) is 10.2. The molecular weight excluding hydrogens is 374 g/mol. The van der Waals surface area contributed by atoms with Crippen LogP contribution < -0.4 is 14.2 Å². The minimum absolute atomic E-state index is 0. The Morgan fingerprint density at radius 2 is 1.63 bits per heavy atom. The van der Waals surface area contributed by atoms with Gasteiger partial charge in [0.05, 0.1) is 52.9 Å². The van der Waals surface area contributed by atoms with Crippen LogP contribution in [0.25, 0.3) is 0 Å². The molecule has 3 unspecified atom stereocenters. The second-order valence-corrected chi connectivity index (χ2v) is 6.68. The maximum absolute atomic E-state index is 10.3. The number of aliphatic hydroxyl groups excluding tert-OH is 1. The van der Waals surface area contributed by atoms with Crippen LogP contribution in [0, 0.1) is 0 Å². The lowest BCUT2D eigenvalue weighted by Gasteiger charge is -2.36. The van der Waals surface area contributed by atoms with E-state index in [4.69, 9.17) is 23.7 Å². The molecule has 27 heavy (non-hydrogen) atoms. The lowest BCUT2D eigenvalue weighted by molar-refractivity contribution is -0.0826. The van der Waals surface area contributed by atoms with Crippen molar-refractivity contribution in [2.75, 3.05) is 47.6 Å². The molecule has 156 valence electrons. The molecule has 1 aliphatic rings. The molecule has 1 heterocycles. The van der Waals surface area contributed by atoms with Crippen LogP contribution in [0.5, 0.6) is 17.2 Å². The molecule has 1 N–H and O–H groups in total. The number of aliphatic hydroxyl groups is 1. The average molecular weight is 406 g/mol. The van der Waals surface area contributed by atoms with E-state index in [0.717, 1.165) is 18.7 Å². The average Bonchev–Trinajstić information content (AvgIpc) is 2.59. The SMILES string of the molecule is COc1cc(COCC(O)CN2CC(C)OC(C)C2)cc(OC)c1OC.Cl. The largest absolute Gasteiger partial charge is 0.493 e. The number of rotatable bonds is 9. The predicted molar refractivity (Wildman–Crippen MR) is 105 cm³/mol. The van der Waals surface area contributed by atoms with Gasteiger partial charge in [0.1, 0.15) is 0 Å². The lowest BCUT2D eigenvalue weighted by atomic mass is 10.2. The van der Waals surface area contributed by atoms with E-state index in [1.807, 2.05) is 12.1 Å². The molecule has 0 aliphatic carbocycles. The molecule has 1 aliphatic heterocycles. The van der Waals surface area contributed by atoms with Gasteiger partial charge in [0.25, 0.3) is 0 Å². The van der Waals surface area contributed by atoms with E-state index < -0.39 is 6.10 Å². The maximum atomic E-state index is 10.3. The number of halogens is 1. The first-order valence-corrected chi connectivity index (χ1v) is 8.89. The topological polar surface area (TPSA) is 69.6 Å². The Hall–Kier alpha value is -1.25. The highest BCUT2D eigenvalue weighted by molar-refractivity contribution is 5.85. The lowest BCUT2D eigenvalue weighted by Crippen LogP contribution is -2.48. The quantitative estimate of drug-likeness (QED) is 0.674. The molecule has 1 aromatic rings. The Balaban J connectivity index is 0.00000364. The number of methoxy groups -OCH3 is 3. The summed E-state index contributed by atoms with van der Waals surface area (Å²) in [4.78, 5) is 2.21. The van der Waals surface area contributed by atoms with Gasteiger partial charge in [-0.1, -0.05) is 0 Å². The monoisotopic (exact) mass is 405 g/mol. The summed E-state index contributed by atoms with van der Waals surface area (Å²) in [5.41, 5.74) is 0.889. The van der Waals surface area contributed by atoms with Gasteiger partial charge in [-0.15, -0.1) is 12.4 Å². The van der Waals surface area contributed by atoms with E-state index in [2.05, 4.69) is 18.7 Å². The molecule has 0 radical (unpaired) electrons. The van der Waals surface area contributed by atoms with Crippen molar-refractivity contribution in [1.29, 1.82) is 0 Å². The third-order valence-electron chi connectivity index (χ3n) is 4.27. The highest BCUT2D eigenvalue weighted by Crippen LogP contribution is 2.38. The standard InChI is InChI=1S/C19H31NO6.ClH/c1-13-8-20(9-14(2)26-13)10-16(21)12-25-11-15-6-17(22-3)19(24-5)18(7-15)23-4;/h6-7,13-14,16,21H,8-12H2,1-5H3;1H. The number of β-amino-alcohol motifs (C(OH)–C–C–N with tert-alkyl or cyclic N) is 1. The van der Waals surface area contributed by atoms with E-state index in [-0.39, 0.29) is 31.2 Å². The van der Waals surface area contributed by atoms with Crippen LogP contribution in [0.2, 0.25) is 0 Å². The molecule has 7 nitrogen and oxygen atoms in total. The summed E-state index contributed by atoms with van der Waals surface area (Å²) < 4.78 is 27.4. The van der Waals surface area contributed by atoms with Crippen molar-refractivity contribution in [2.24, 2.45) is 0 Å². The summed E-state index contributed by atoms with van der Waals surface area (Å²) in [6, 6.07) is 3.69. The van der Waals surface area contributed by atoms with Crippen LogP contribution in [-0.2, 0) is 16.1 Å². The van der Waals surface area contributed by atoms with E-state index in [9.17, 15) is 5.11 Å². The minimum Gasteiger partial charge on any atom is -0.493 e. The molecular formula is C19H32ClNO6. The predicted octanol–water partition coefficient (Wildman–Crippen LogP) is 2.12. The fourth-order valence-corrected chi connectivity index (χ4v) is 3.32. The van der Waals surface area contributed by atoms with Crippen molar-refractivity contribution >= 4 is 12.4 Å². The normalized spacial score (nSPS) is 21.3. The first kappa shape index (κ1) is 23.8. The summed E-state index contributed by atoms with van der Waals surface area (Å²) in [6.07, 6.45) is -0.174. The van der Waals surface area contributed by atoms with Crippen molar-refractivity contribution in [2.45, 2.75) is 38.8 Å². The maximum Gasteiger partial charge on any atom is 0.203 e. The molecule has 8 heteroatoms. The van der Waals surface area contributed by atoms with Crippen LogP contribution in [0.3, 0.4) is 0 Å². The summed E-state index contributed by atoms with van der Waals surface area (Å²) in [5, 5.41) is 10.3. The summed E-state index contributed by atoms with van der Waals surface area (Å²) in [6.45, 7) is 6.95. The molecule has 0 bridgehead atoms. The van der Waals surface area contributed by atoms with Gasteiger partial charge in [-0.3, -0.25) is 4.90 Å². The van der Waals surface area contributed by atoms with Crippen molar-refractivity contribution in [3.8, 4) is 17.2 Å². The second kappa shape index (κ2) is 11.6. The highest BCUT2D eigenvalue weighted by atomic mass is 35.5. The van der Waals surface area contributed by atoms with Gasteiger partial charge in [0, 0.05) is 19.6 Å². The van der Waals surface area contributed by atoms with Crippen LogP contribution in [0.1, 0.15) is 19.4 Å². The van der Waals surface area contributed by atoms with Gasteiger partial charge in [-0.05, 0) is 31.5 Å². The van der Waals surface area contributed by atoms with Crippen molar-refractivity contribution in [3.05, 3.63) is 17.7 Å². The molecule has 0 spiro atoms. The fourth-order valence-electron chi connectivity index (χ4n) is 3.32. The van der Waals surface area contributed by atoms with Crippen molar-refractivity contribution < 1.29 is 28.8 Å². The van der Waals surface area contributed by atoms with E-state index >= 15 is 0 Å². The second-order valence-electron chi connectivity index (χ2n) is 6.68. The molecule has 0 saturated carbocycles.